The first-order valence-corrected chi connectivity index (χ1v) is 9.51. The van der Waals surface area contributed by atoms with Crippen molar-refractivity contribution >= 4 is 56.5 Å². The van der Waals surface area contributed by atoms with Crippen LogP contribution in [0.4, 0.5) is 16.0 Å². The predicted molar refractivity (Wildman–Crippen MR) is 106 cm³/mol. The lowest BCUT2D eigenvalue weighted by Crippen LogP contribution is -2.22. The maximum atomic E-state index is 12.0. The molecule has 3 rings (SSSR count). The Bertz CT molecular complexity index is 947. The van der Waals surface area contributed by atoms with Crippen LogP contribution in [0.1, 0.15) is 18.3 Å². The van der Waals surface area contributed by atoms with Crippen molar-refractivity contribution in [3.8, 4) is 0 Å². The number of aromatic nitrogens is 2. The van der Waals surface area contributed by atoms with E-state index >= 15 is 0 Å². The Morgan fingerprint density at radius 1 is 1.12 bits per heavy atom. The number of carbonyl (C=O) groups excluding carboxylic acids is 2. The molecule has 0 saturated carbocycles. The molecule has 0 fully saturated rings. The molecular weight excluding hydrogens is 368 g/mol. The fourth-order valence-corrected chi connectivity index (χ4v) is 3.73. The number of thiazole rings is 2. The number of anilines is 3. The van der Waals surface area contributed by atoms with E-state index in [1.165, 1.54) is 35.7 Å². The number of aryl methyl sites for hydroxylation is 1. The Balaban J connectivity index is 1.72. The minimum absolute atomic E-state index is 0.127. The van der Waals surface area contributed by atoms with Crippen molar-refractivity contribution in [2.75, 3.05) is 10.2 Å². The van der Waals surface area contributed by atoms with Gasteiger partial charge in [0.2, 0.25) is 11.8 Å². The third-order valence-corrected chi connectivity index (χ3v) is 5.00. The van der Waals surface area contributed by atoms with E-state index in [2.05, 4.69) is 15.3 Å². The van der Waals surface area contributed by atoms with Crippen LogP contribution < -0.4 is 10.2 Å². The van der Waals surface area contributed by atoms with Gasteiger partial charge in [0, 0.05) is 23.8 Å². The van der Waals surface area contributed by atoms with E-state index in [9.17, 15) is 9.59 Å². The number of amides is 2. The molecule has 0 atom stereocenters. The van der Waals surface area contributed by atoms with Crippen molar-refractivity contribution in [2.45, 2.75) is 13.8 Å². The largest absolute Gasteiger partial charge is 0.298 e. The zero-order chi connectivity index (χ0) is 18.5. The highest BCUT2D eigenvalue weighted by molar-refractivity contribution is 7.14. The molecule has 26 heavy (non-hydrogen) atoms. The summed E-state index contributed by atoms with van der Waals surface area (Å²) in [6.07, 6.45) is 3.01. The highest BCUT2D eigenvalue weighted by atomic mass is 32.1. The Morgan fingerprint density at radius 2 is 1.88 bits per heavy atom. The maximum Gasteiger partial charge on any atom is 0.250 e. The van der Waals surface area contributed by atoms with Crippen LogP contribution in [0.25, 0.3) is 6.08 Å². The summed E-state index contributed by atoms with van der Waals surface area (Å²) in [6, 6.07) is 9.32. The Kier molecular flexibility index (Phi) is 5.55. The highest BCUT2D eigenvalue weighted by Gasteiger charge is 2.17. The summed E-state index contributed by atoms with van der Waals surface area (Å²) in [5, 5.41) is 7.48. The molecule has 0 aliphatic carbocycles. The predicted octanol–water partition coefficient (Wildman–Crippen LogP) is 4.24. The number of nitrogens with one attached hydrogen (secondary N) is 1. The van der Waals surface area contributed by atoms with Crippen LogP contribution in [0.15, 0.2) is 47.2 Å². The molecule has 0 aliphatic rings. The lowest BCUT2D eigenvalue weighted by Gasteiger charge is -2.17. The lowest BCUT2D eigenvalue weighted by molar-refractivity contribution is -0.116. The van der Waals surface area contributed by atoms with E-state index < -0.39 is 0 Å². The van der Waals surface area contributed by atoms with Crippen molar-refractivity contribution < 1.29 is 9.59 Å². The third-order valence-electron chi connectivity index (χ3n) is 3.29. The number of rotatable bonds is 5. The first-order valence-electron chi connectivity index (χ1n) is 7.75. The molecule has 0 spiro atoms. The summed E-state index contributed by atoms with van der Waals surface area (Å²) in [7, 11) is 0. The van der Waals surface area contributed by atoms with E-state index in [0.29, 0.717) is 16.0 Å². The second kappa shape index (κ2) is 8.03. The molecule has 6 nitrogen and oxygen atoms in total. The monoisotopic (exact) mass is 384 g/mol. The van der Waals surface area contributed by atoms with Crippen LogP contribution in [0.3, 0.4) is 0 Å². The fraction of sp³-hybridized carbons (Fsp3) is 0.111. The minimum Gasteiger partial charge on any atom is -0.298 e. The Morgan fingerprint density at radius 3 is 2.54 bits per heavy atom. The summed E-state index contributed by atoms with van der Waals surface area (Å²) >= 11 is 2.71. The topological polar surface area (TPSA) is 75.2 Å². The van der Waals surface area contributed by atoms with E-state index in [4.69, 9.17) is 0 Å². The second-order valence-corrected chi connectivity index (χ2v) is 7.06. The van der Waals surface area contributed by atoms with E-state index in [-0.39, 0.29) is 11.8 Å². The van der Waals surface area contributed by atoms with Crippen molar-refractivity contribution in [3.63, 3.8) is 0 Å². The summed E-state index contributed by atoms with van der Waals surface area (Å²) in [5.41, 5.74) is 2.23. The number of para-hydroxylation sites is 1. The SMILES string of the molecule is CC(=O)N(c1ccccc1)c1nc(/C=C/C(=O)Nc2nc(C)cs2)cs1. The molecule has 3 aromatic rings. The summed E-state index contributed by atoms with van der Waals surface area (Å²) in [6.45, 7) is 3.36. The van der Waals surface area contributed by atoms with Crippen LogP contribution in [0, 0.1) is 6.92 Å². The molecule has 8 heteroatoms. The van der Waals surface area contributed by atoms with Gasteiger partial charge in [0.15, 0.2) is 10.3 Å². The molecule has 1 aromatic carbocycles. The van der Waals surface area contributed by atoms with Gasteiger partial charge in [0.25, 0.3) is 0 Å². The van der Waals surface area contributed by atoms with E-state index in [0.717, 1.165) is 11.4 Å². The molecule has 1 N–H and O–H groups in total. The van der Waals surface area contributed by atoms with Gasteiger partial charge in [-0.05, 0) is 25.1 Å². The van der Waals surface area contributed by atoms with Crippen molar-refractivity contribution in [3.05, 3.63) is 58.6 Å². The van der Waals surface area contributed by atoms with Crippen LogP contribution in [-0.2, 0) is 9.59 Å². The molecule has 0 bridgehead atoms. The summed E-state index contributed by atoms with van der Waals surface area (Å²) in [5.74, 6) is -0.404. The molecule has 0 aliphatic heterocycles. The molecule has 2 amide bonds. The summed E-state index contributed by atoms with van der Waals surface area (Å²) in [4.78, 5) is 34.1. The van der Waals surface area contributed by atoms with Gasteiger partial charge >= 0.3 is 0 Å². The standard InChI is InChI=1S/C18H16N4O2S2/c1-12-10-25-17(19-12)21-16(24)9-8-14-11-26-18(20-14)22(13(2)23)15-6-4-3-5-7-15/h3-11H,1-2H3,(H,19,21,24)/b9-8+. The molecule has 132 valence electrons. The number of carbonyl (C=O) groups is 2. The molecule has 2 heterocycles. The Hall–Kier alpha value is -2.84. The van der Waals surface area contributed by atoms with Crippen LogP contribution >= 0.6 is 22.7 Å². The summed E-state index contributed by atoms with van der Waals surface area (Å²) < 4.78 is 0. The van der Waals surface area contributed by atoms with Crippen molar-refractivity contribution in [1.82, 2.24) is 9.97 Å². The van der Waals surface area contributed by atoms with Crippen molar-refractivity contribution in [1.29, 1.82) is 0 Å². The number of nitrogens with zero attached hydrogens (tertiary/aromatic N) is 3. The molecule has 0 radical (unpaired) electrons. The third kappa shape index (κ3) is 4.41. The minimum atomic E-state index is -0.277. The van der Waals surface area contributed by atoms with Gasteiger partial charge in [-0.2, -0.15) is 0 Å². The van der Waals surface area contributed by atoms with Gasteiger partial charge < -0.3 is 0 Å². The molecule has 0 unspecified atom stereocenters. The van der Waals surface area contributed by atoms with Gasteiger partial charge in [-0.25, -0.2) is 9.97 Å². The van der Waals surface area contributed by atoms with Gasteiger partial charge in [-0.1, -0.05) is 18.2 Å². The molecule has 0 saturated heterocycles. The fourth-order valence-electron chi connectivity index (χ4n) is 2.18. The quantitative estimate of drug-likeness (QED) is 0.668. The van der Waals surface area contributed by atoms with Crippen LogP contribution in [-0.4, -0.2) is 21.8 Å². The number of hydrogen-bond acceptors (Lipinski definition) is 6. The Labute approximate surface area is 158 Å². The van der Waals surface area contributed by atoms with Gasteiger partial charge in [-0.15, -0.1) is 22.7 Å². The maximum absolute atomic E-state index is 12.0. The molecular formula is C18H16N4O2S2. The highest BCUT2D eigenvalue weighted by Crippen LogP contribution is 2.29. The van der Waals surface area contributed by atoms with Gasteiger partial charge in [0.1, 0.15) is 0 Å². The van der Waals surface area contributed by atoms with E-state index in [1.807, 2.05) is 42.6 Å². The number of benzene rings is 1. The van der Waals surface area contributed by atoms with Crippen LogP contribution in [0.5, 0.6) is 0 Å². The van der Waals surface area contributed by atoms with Crippen LogP contribution in [0.2, 0.25) is 0 Å². The van der Waals surface area contributed by atoms with E-state index in [1.54, 1.807) is 16.4 Å². The average molecular weight is 384 g/mol. The zero-order valence-corrected chi connectivity index (χ0v) is 15.8. The smallest absolute Gasteiger partial charge is 0.250 e. The molecule has 2 aromatic heterocycles. The normalized spacial score (nSPS) is 10.8. The number of hydrogen-bond donors (Lipinski definition) is 1. The van der Waals surface area contributed by atoms with Crippen molar-refractivity contribution in [2.24, 2.45) is 0 Å². The first kappa shape index (κ1) is 18.0. The average Bonchev–Trinajstić information content (AvgIpc) is 3.23. The lowest BCUT2D eigenvalue weighted by atomic mass is 10.3. The van der Waals surface area contributed by atoms with Gasteiger partial charge in [-0.3, -0.25) is 19.8 Å². The second-order valence-electron chi connectivity index (χ2n) is 5.36. The first-order chi connectivity index (χ1) is 12.5. The van der Waals surface area contributed by atoms with Gasteiger partial charge in [0.05, 0.1) is 17.1 Å². The zero-order valence-electron chi connectivity index (χ0n) is 14.2.